The third-order valence-electron chi connectivity index (χ3n) is 7.51. The van der Waals surface area contributed by atoms with Crippen molar-refractivity contribution in [3.63, 3.8) is 0 Å². The molecule has 6 nitrogen and oxygen atoms in total. The van der Waals surface area contributed by atoms with E-state index in [0.717, 1.165) is 63.0 Å². The number of benzene rings is 2. The highest BCUT2D eigenvalue weighted by atomic mass is 19.4. The summed E-state index contributed by atoms with van der Waals surface area (Å²) in [6, 6.07) is 11.2. The summed E-state index contributed by atoms with van der Waals surface area (Å²) in [6.45, 7) is 3.98. The van der Waals surface area contributed by atoms with Crippen LogP contribution < -0.4 is 0 Å². The van der Waals surface area contributed by atoms with Crippen molar-refractivity contribution in [2.24, 2.45) is 5.92 Å². The third kappa shape index (κ3) is 5.33. The number of halogens is 3. The van der Waals surface area contributed by atoms with Crippen LogP contribution in [0.3, 0.4) is 0 Å². The van der Waals surface area contributed by atoms with E-state index in [-0.39, 0.29) is 12.5 Å². The second-order valence-electron chi connectivity index (χ2n) is 10.4. The monoisotopic (exact) mass is 500 g/mol. The molecule has 2 aromatic carbocycles. The van der Waals surface area contributed by atoms with Gasteiger partial charge in [-0.3, -0.25) is 4.90 Å². The SMILES string of the molecule is C[C@@](O)(CO)[C@H]1CCCN(Cc2ccc(-c3cn(-c4ccc(C(F)(F)F)cc4)nn3)cc2C2CC2)C1. The van der Waals surface area contributed by atoms with Crippen LogP contribution in [0.5, 0.6) is 0 Å². The van der Waals surface area contributed by atoms with Crippen LogP contribution in [0.15, 0.2) is 48.7 Å². The molecule has 3 aromatic rings. The van der Waals surface area contributed by atoms with Crippen molar-refractivity contribution in [1.29, 1.82) is 0 Å². The Morgan fingerprint density at radius 3 is 2.47 bits per heavy atom. The molecular weight excluding hydrogens is 469 g/mol. The van der Waals surface area contributed by atoms with Gasteiger partial charge in [0, 0.05) is 24.6 Å². The van der Waals surface area contributed by atoms with Gasteiger partial charge in [-0.25, -0.2) is 4.68 Å². The highest BCUT2D eigenvalue weighted by Gasteiger charge is 2.35. The molecule has 9 heteroatoms. The number of hydrogen-bond acceptors (Lipinski definition) is 5. The van der Waals surface area contributed by atoms with Gasteiger partial charge in [0.1, 0.15) is 5.69 Å². The quantitative estimate of drug-likeness (QED) is 0.488. The van der Waals surface area contributed by atoms with E-state index >= 15 is 0 Å². The zero-order valence-corrected chi connectivity index (χ0v) is 20.2. The lowest BCUT2D eigenvalue weighted by molar-refractivity contribution is -0.137. The molecule has 0 bridgehead atoms. The van der Waals surface area contributed by atoms with Gasteiger partial charge in [-0.2, -0.15) is 13.2 Å². The Hall–Kier alpha value is -2.75. The average Bonchev–Trinajstić information content (AvgIpc) is 3.59. The Balaban J connectivity index is 1.34. The second-order valence-corrected chi connectivity index (χ2v) is 10.4. The predicted molar refractivity (Wildman–Crippen MR) is 129 cm³/mol. The molecule has 192 valence electrons. The first-order valence-corrected chi connectivity index (χ1v) is 12.4. The lowest BCUT2D eigenvalue weighted by atomic mass is 9.83. The zero-order valence-electron chi connectivity index (χ0n) is 20.2. The highest BCUT2D eigenvalue weighted by molar-refractivity contribution is 5.61. The Kier molecular flexibility index (Phi) is 6.65. The lowest BCUT2D eigenvalue weighted by Gasteiger charge is -2.39. The van der Waals surface area contributed by atoms with Gasteiger partial charge in [-0.15, -0.1) is 5.10 Å². The Labute approximate surface area is 208 Å². The van der Waals surface area contributed by atoms with Crippen LogP contribution in [0.4, 0.5) is 13.2 Å². The number of piperidine rings is 1. The van der Waals surface area contributed by atoms with Crippen LogP contribution in [-0.2, 0) is 12.7 Å². The summed E-state index contributed by atoms with van der Waals surface area (Å²) < 4.78 is 40.1. The first-order chi connectivity index (χ1) is 17.1. The van der Waals surface area contributed by atoms with Crippen molar-refractivity contribution in [2.45, 2.75) is 56.8 Å². The molecule has 0 spiro atoms. The molecule has 2 N–H and O–H groups in total. The summed E-state index contributed by atoms with van der Waals surface area (Å²) in [7, 11) is 0. The zero-order chi connectivity index (χ0) is 25.5. The van der Waals surface area contributed by atoms with E-state index in [1.54, 1.807) is 13.1 Å². The van der Waals surface area contributed by atoms with Gasteiger partial charge >= 0.3 is 6.18 Å². The highest BCUT2D eigenvalue weighted by Crippen LogP contribution is 2.43. The normalized spacial score (nSPS) is 20.9. The van der Waals surface area contributed by atoms with Gasteiger partial charge < -0.3 is 10.2 Å². The number of hydrogen-bond donors (Lipinski definition) is 2. The molecule has 1 aliphatic heterocycles. The van der Waals surface area contributed by atoms with Crippen LogP contribution in [0, 0.1) is 5.92 Å². The van der Waals surface area contributed by atoms with Crippen LogP contribution in [0.25, 0.3) is 16.9 Å². The molecule has 2 fully saturated rings. The summed E-state index contributed by atoms with van der Waals surface area (Å²) in [5, 5.41) is 28.5. The Bertz CT molecular complexity index is 1200. The van der Waals surface area contributed by atoms with Crippen molar-refractivity contribution in [1.82, 2.24) is 19.9 Å². The van der Waals surface area contributed by atoms with Crippen molar-refractivity contribution in [3.05, 3.63) is 65.4 Å². The van der Waals surface area contributed by atoms with Crippen LogP contribution in [-0.4, -0.2) is 55.4 Å². The Morgan fingerprint density at radius 2 is 1.81 bits per heavy atom. The van der Waals surface area contributed by atoms with E-state index in [1.165, 1.54) is 27.9 Å². The summed E-state index contributed by atoms with van der Waals surface area (Å²) in [5.74, 6) is 0.561. The Morgan fingerprint density at radius 1 is 1.06 bits per heavy atom. The minimum Gasteiger partial charge on any atom is -0.393 e. The standard InChI is InChI=1S/C27H31F3N4O2/c1-26(36,17-35)22-3-2-12-33(15-22)14-20-7-6-19(13-24(20)18-4-5-18)25-16-34(32-31-25)23-10-8-21(9-11-23)27(28,29)30/h6-11,13,16,18,22,35-36H,2-5,12,14-15,17H2,1H3/t22-,26+/m0/s1. The topological polar surface area (TPSA) is 74.4 Å². The smallest absolute Gasteiger partial charge is 0.393 e. The lowest BCUT2D eigenvalue weighted by Crippen LogP contribution is -2.47. The first-order valence-electron chi connectivity index (χ1n) is 12.4. The van der Waals surface area contributed by atoms with Crippen molar-refractivity contribution >= 4 is 0 Å². The summed E-state index contributed by atoms with van der Waals surface area (Å²) in [4.78, 5) is 2.36. The number of nitrogens with zero attached hydrogens (tertiary/aromatic N) is 4. The number of aliphatic hydroxyl groups is 2. The molecule has 2 aliphatic rings. The molecule has 1 saturated heterocycles. The van der Waals surface area contributed by atoms with E-state index in [1.807, 2.05) is 6.07 Å². The van der Waals surface area contributed by atoms with E-state index in [9.17, 15) is 23.4 Å². The van der Waals surface area contributed by atoms with Gasteiger partial charge in [0.15, 0.2) is 0 Å². The van der Waals surface area contributed by atoms with E-state index in [4.69, 9.17) is 0 Å². The minimum atomic E-state index is -4.38. The minimum absolute atomic E-state index is 0.0418. The van der Waals surface area contributed by atoms with Crippen molar-refractivity contribution < 1.29 is 23.4 Å². The molecule has 1 aromatic heterocycles. The van der Waals surface area contributed by atoms with E-state index in [0.29, 0.717) is 17.3 Å². The fourth-order valence-electron chi connectivity index (χ4n) is 5.07. The number of rotatable bonds is 7. The van der Waals surface area contributed by atoms with E-state index in [2.05, 4.69) is 27.3 Å². The molecule has 2 atom stereocenters. The molecule has 0 radical (unpaired) electrons. The van der Waals surface area contributed by atoms with Gasteiger partial charge in [0.2, 0.25) is 0 Å². The van der Waals surface area contributed by atoms with Crippen LogP contribution in [0.2, 0.25) is 0 Å². The second kappa shape index (κ2) is 9.61. The number of likely N-dealkylation sites (tertiary alicyclic amines) is 1. The summed E-state index contributed by atoms with van der Waals surface area (Å²) >= 11 is 0. The molecular formula is C27H31F3N4O2. The van der Waals surface area contributed by atoms with Crippen LogP contribution in [0.1, 0.15) is 55.2 Å². The molecule has 2 heterocycles. The molecule has 36 heavy (non-hydrogen) atoms. The maximum absolute atomic E-state index is 12.9. The van der Waals surface area contributed by atoms with Gasteiger partial charge in [-0.1, -0.05) is 17.3 Å². The fraction of sp³-hybridized carbons (Fsp3) is 0.481. The average molecular weight is 501 g/mol. The maximum Gasteiger partial charge on any atom is 0.416 e. The van der Waals surface area contributed by atoms with Crippen LogP contribution >= 0.6 is 0 Å². The van der Waals surface area contributed by atoms with Gasteiger partial charge in [0.05, 0.1) is 29.7 Å². The van der Waals surface area contributed by atoms with Gasteiger partial charge in [-0.05, 0) is 86.5 Å². The maximum atomic E-state index is 12.9. The van der Waals surface area contributed by atoms with Gasteiger partial charge in [0.25, 0.3) is 0 Å². The number of aliphatic hydroxyl groups excluding tert-OH is 1. The molecule has 1 aliphatic carbocycles. The molecule has 5 rings (SSSR count). The first kappa shape index (κ1) is 24.9. The number of alkyl halides is 3. The fourth-order valence-corrected chi connectivity index (χ4v) is 5.07. The largest absolute Gasteiger partial charge is 0.416 e. The number of aromatic nitrogens is 3. The third-order valence-corrected chi connectivity index (χ3v) is 7.51. The summed E-state index contributed by atoms with van der Waals surface area (Å²) in [5.41, 5.74) is 2.91. The van der Waals surface area contributed by atoms with Crippen molar-refractivity contribution in [2.75, 3.05) is 19.7 Å². The molecule has 1 saturated carbocycles. The van der Waals surface area contributed by atoms with Crippen molar-refractivity contribution in [3.8, 4) is 16.9 Å². The summed E-state index contributed by atoms with van der Waals surface area (Å²) in [6.07, 6.45) is 1.56. The predicted octanol–water partition coefficient (Wildman–Crippen LogP) is 4.79. The van der Waals surface area contributed by atoms with E-state index < -0.39 is 17.3 Å². The molecule has 0 amide bonds. The molecule has 0 unspecified atom stereocenters.